The number of hydrogen-bond acceptors (Lipinski definition) is 5. The Balaban J connectivity index is 0.00000288. The number of methoxy groups -OCH3 is 1. The zero-order valence-electron chi connectivity index (χ0n) is 14.5. The van der Waals surface area contributed by atoms with Gasteiger partial charge >= 0.3 is 0 Å². The summed E-state index contributed by atoms with van der Waals surface area (Å²) in [4.78, 5) is 12.5. The van der Waals surface area contributed by atoms with E-state index >= 15 is 0 Å². The lowest BCUT2D eigenvalue weighted by atomic mass is 9.90. The van der Waals surface area contributed by atoms with Gasteiger partial charge in [-0.1, -0.05) is 6.07 Å². The molecule has 0 bridgehead atoms. The van der Waals surface area contributed by atoms with Gasteiger partial charge in [0.2, 0.25) is 5.91 Å². The Hall–Kier alpha value is -1.50. The molecule has 7 heteroatoms. The molecule has 1 aliphatic rings. The van der Waals surface area contributed by atoms with E-state index in [4.69, 9.17) is 19.9 Å². The van der Waals surface area contributed by atoms with Crippen LogP contribution in [0.5, 0.6) is 11.5 Å². The molecule has 0 aromatic heterocycles. The van der Waals surface area contributed by atoms with E-state index in [1.165, 1.54) is 0 Å². The molecule has 0 saturated carbocycles. The van der Waals surface area contributed by atoms with Crippen LogP contribution in [0.3, 0.4) is 0 Å². The lowest BCUT2D eigenvalue weighted by Gasteiger charge is -2.33. The molecule has 1 heterocycles. The first-order valence-corrected chi connectivity index (χ1v) is 7.98. The summed E-state index contributed by atoms with van der Waals surface area (Å²) in [5.41, 5.74) is 6.31. The van der Waals surface area contributed by atoms with Crippen molar-refractivity contribution >= 4 is 18.3 Å². The summed E-state index contributed by atoms with van der Waals surface area (Å²) >= 11 is 0. The Morgan fingerprint density at radius 1 is 1.38 bits per heavy atom. The van der Waals surface area contributed by atoms with Crippen molar-refractivity contribution in [2.75, 3.05) is 26.9 Å². The van der Waals surface area contributed by atoms with Crippen LogP contribution >= 0.6 is 12.4 Å². The molecule has 2 rings (SSSR count). The molecular weight excluding hydrogens is 332 g/mol. The summed E-state index contributed by atoms with van der Waals surface area (Å²) in [5, 5.41) is 2.99. The number of ether oxygens (including phenoxy) is 3. The SMILES string of the molecule is CCOc1ccc(C(C)NC(=O)C2(N)CCOCC2)cc1OC.Cl. The molecule has 1 aromatic carbocycles. The van der Waals surface area contributed by atoms with Gasteiger partial charge in [-0.15, -0.1) is 12.4 Å². The highest BCUT2D eigenvalue weighted by Crippen LogP contribution is 2.30. The van der Waals surface area contributed by atoms with Gasteiger partial charge in [0.1, 0.15) is 0 Å². The second-order valence-electron chi connectivity index (χ2n) is 5.81. The van der Waals surface area contributed by atoms with Crippen molar-refractivity contribution < 1.29 is 19.0 Å². The van der Waals surface area contributed by atoms with Crippen molar-refractivity contribution in [3.8, 4) is 11.5 Å². The summed E-state index contributed by atoms with van der Waals surface area (Å²) < 4.78 is 16.1. The molecule has 1 saturated heterocycles. The summed E-state index contributed by atoms with van der Waals surface area (Å²) in [6.07, 6.45) is 1.08. The highest BCUT2D eigenvalue weighted by molar-refractivity contribution is 5.86. The van der Waals surface area contributed by atoms with E-state index in [2.05, 4.69) is 5.32 Å². The fourth-order valence-electron chi connectivity index (χ4n) is 2.61. The van der Waals surface area contributed by atoms with Gasteiger partial charge in [-0.2, -0.15) is 0 Å². The van der Waals surface area contributed by atoms with Crippen LogP contribution in [0.4, 0.5) is 0 Å². The van der Waals surface area contributed by atoms with Crippen molar-refractivity contribution in [3.05, 3.63) is 23.8 Å². The fourth-order valence-corrected chi connectivity index (χ4v) is 2.61. The van der Waals surface area contributed by atoms with Gasteiger partial charge in [-0.3, -0.25) is 4.79 Å². The van der Waals surface area contributed by atoms with Gasteiger partial charge in [0.25, 0.3) is 0 Å². The largest absolute Gasteiger partial charge is 0.493 e. The molecule has 1 atom stereocenters. The Morgan fingerprint density at radius 2 is 2.04 bits per heavy atom. The van der Waals surface area contributed by atoms with E-state index in [1.54, 1.807) is 7.11 Å². The number of halogens is 1. The quantitative estimate of drug-likeness (QED) is 0.814. The van der Waals surface area contributed by atoms with Crippen LogP contribution in [0.2, 0.25) is 0 Å². The fraction of sp³-hybridized carbons (Fsp3) is 0.588. The van der Waals surface area contributed by atoms with E-state index in [0.717, 1.165) is 5.56 Å². The normalized spacial score (nSPS) is 17.3. The van der Waals surface area contributed by atoms with E-state index in [0.29, 0.717) is 44.2 Å². The van der Waals surface area contributed by atoms with Gasteiger partial charge in [0.05, 0.1) is 25.3 Å². The van der Waals surface area contributed by atoms with Crippen LogP contribution in [-0.2, 0) is 9.53 Å². The lowest BCUT2D eigenvalue weighted by Crippen LogP contribution is -2.57. The molecule has 0 spiro atoms. The zero-order valence-corrected chi connectivity index (χ0v) is 15.3. The van der Waals surface area contributed by atoms with Crippen LogP contribution in [0.25, 0.3) is 0 Å². The van der Waals surface area contributed by atoms with Crippen molar-refractivity contribution in [1.29, 1.82) is 0 Å². The molecule has 0 radical (unpaired) electrons. The van der Waals surface area contributed by atoms with Crippen LogP contribution in [0.15, 0.2) is 18.2 Å². The van der Waals surface area contributed by atoms with E-state index in [1.807, 2.05) is 32.0 Å². The van der Waals surface area contributed by atoms with E-state index < -0.39 is 5.54 Å². The summed E-state index contributed by atoms with van der Waals surface area (Å²) in [6, 6.07) is 5.48. The number of rotatable bonds is 6. The molecule has 1 aromatic rings. The first kappa shape index (κ1) is 20.5. The maximum absolute atomic E-state index is 12.5. The molecule has 1 unspecified atom stereocenters. The predicted octanol–water partition coefficient (Wildman–Crippen LogP) is 2.20. The van der Waals surface area contributed by atoms with E-state index in [9.17, 15) is 4.79 Å². The molecule has 136 valence electrons. The first-order valence-electron chi connectivity index (χ1n) is 7.98. The monoisotopic (exact) mass is 358 g/mol. The minimum Gasteiger partial charge on any atom is -0.493 e. The van der Waals surface area contributed by atoms with Crippen LogP contribution in [0, 0.1) is 0 Å². The Morgan fingerprint density at radius 3 is 2.62 bits per heavy atom. The van der Waals surface area contributed by atoms with Crippen molar-refractivity contribution in [2.24, 2.45) is 5.73 Å². The van der Waals surface area contributed by atoms with Gasteiger partial charge in [0.15, 0.2) is 11.5 Å². The van der Waals surface area contributed by atoms with Crippen molar-refractivity contribution in [3.63, 3.8) is 0 Å². The smallest absolute Gasteiger partial charge is 0.240 e. The molecule has 1 fully saturated rings. The van der Waals surface area contributed by atoms with Gasteiger partial charge in [-0.25, -0.2) is 0 Å². The Bertz CT molecular complexity index is 547. The van der Waals surface area contributed by atoms with Crippen LogP contribution in [-0.4, -0.2) is 38.4 Å². The number of amides is 1. The second-order valence-corrected chi connectivity index (χ2v) is 5.81. The Kier molecular flexibility index (Phi) is 7.79. The summed E-state index contributed by atoms with van der Waals surface area (Å²) in [6.45, 7) is 5.46. The second kappa shape index (κ2) is 9.11. The zero-order chi connectivity index (χ0) is 16.9. The number of hydrogen-bond donors (Lipinski definition) is 2. The van der Waals surface area contributed by atoms with Crippen LogP contribution < -0.4 is 20.5 Å². The standard InChI is InChI=1S/C17H26N2O4.ClH/c1-4-23-14-6-5-13(11-15(14)21-3)12(2)19-16(20)17(18)7-9-22-10-8-17;/h5-6,11-12H,4,7-10,18H2,1-3H3,(H,19,20);1H. The molecule has 1 amide bonds. The number of carbonyl (C=O) groups is 1. The molecule has 3 N–H and O–H groups in total. The highest BCUT2D eigenvalue weighted by Gasteiger charge is 2.36. The number of nitrogens with one attached hydrogen (secondary N) is 1. The molecule has 6 nitrogen and oxygen atoms in total. The minimum absolute atomic E-state index is 0. The van der Waals surface area contributed by atoms with Gasteiger partial charge in [0, 0.05) is 13.2 Å². The predicted molar refractivity (Wildman–Crippen MR) is 94.9 cm³/mol. The highest BCUT2D eigenvalue weighted by atomic mass is 35.5. The maximum atomic E-state index is 12.5. The lowest BCUT2D eigenvalue weighted by molar-refractivity contribution is -0.130. The molecule has 1 aliphatic heterocycles. The topological polar surface area (TPSA) is 82.8 Å². The van der Waals surface area contributed by atoms with Gasteiger partial charge in [-0.05, 0) is 44.4 Å². The third-order valence-electron chi connectivity index (χ3n) is 4.17. The Labute approximate surface area is 149 Å². The molecular formula is C17H27ClN2O4. The van der Waals surface area contributed by atoms with Crippen LogP contribution in [0.1, 0.15) is 38.3 Å². The average Bonchev–Trinajstić information content (AvgIpc) is 2.56. The summed E-state index contributed by atoms with van der Waals surface area (Å²) in [5.74, 6) is 1.21. The molecule has 24 heavy (non-hydrogen) atoms. The van der Waals surface area contributed by atoms with Gasteiger partial charge < -0.3 is 25.3 Å². The van der Waals surface area contributed by atoms with Crippen molar-refractivity contribution in [2.45, 2.75) is 38.3 Å². The number of nitrogens with two attached hydrogens (primary N) is 1. The third kappa shape index (κ3) is 4.75. The van der Waals surface area contributed by atoms with Crippen molar-refractivity contribution in [1.82, 2.24) is 5.32 Å². The summed E-state index contributed by atoms with van der Waals surface area (Å²) in [7, 11) is 1.60. The first-order chi connectivity index (χ1) is 11.0. The number of benzene rings is 1. The number of carbonyl (C=O) groups excluding carboxylic acids is 1. The molecule has 0 aliphatic carbocycles. The maximum Gasteiger partial charge on any atom is 0.240 e. The average molecular weight is 359 g/mol. The minimum atomic E-state index is -0.845. The van der Waals surface area contributed by atoms with E-state index in [-0.39, 0.29) is 24.4 Å². The third-order valence-corrected chi connectivity index (χ3v) is 4.17.